The normalized spacial score (nSPS) is 16.1. The van der Waals surface area contributed by atoms with Crippen LogP contribution in [0.15, 0.2) is 33.6 Å². The molecule has 0 bridgehead atoms. The van der Waals surface area contributed by atoms with Crippen molar-refractivity contribution in [1.29, 1.82) is 0 Å². The number of nitrogens with zero attached hydrogens (tertiary/aromatic N) is 2. The van der Waals surface area contributed by atoms with Gasteiger partial charge < -0.3 is 9.32 Å². The second kappa shape index (κ2) is 6.93. The Morgan fingerprint density at radius 2 is 1.65 bits per heavy atom. The molecule has 0 radical (unpaired) electrons. The predicted octanol–water partition coefficient (Wildman–Crippen LogP) is 2.50. The molecule has 0 N–H and O–H groups in total. The van der Waals surface area contributed by atoms with Crippen molar-refractivity contribution in [1.82, 2.24) is 9.21 Å². The molecule has 1 saturated heterocycles. The number of piperazine rings is 1. The Balaban J connectivity index is 1.75. The fourth-order valence-corrected chi connectivity index (χ4v) is 4.19. The molecule has 0 saturated carbocycles. The zero-order valence-corrected chi connectivity index (χ0v) is 14.7. The predicted molar refractivity (Wildman–Crippen MR) is 84.7 cm³/mol. The number of hydrogen-bond donors (Lipinski definition) is 0. The summed E-state index contributed by atoms with van der Waals surface area (Å²) < 4.78 is 71.1. The molecule has 1 fully saturated rings. The van der Waals surface area contributed by atoms with Gasteiger partial charge in [-0.2, -0.15) is 4.31 Å². The van der Waals surface area contributed by atoms with E-state index in [1.807, 2.05) is 0 Å². The summed E-state index contributed by atoms with van der Waals surface area (Å²) in [4.78, 5) is 12.6. The van der Waals surface area contributed by atoms with E-state index in [2.05, 4.69) is 0 Å². The maximum atomic E-state index is 13.8. The Hall–Kier alpha value is -2.04. The highest BCUT2D eigenvalue weighted by molar-refractivity contribution is 7.89. The zero-order chi connectivity index (χ0) is 19.1. The van der Waals surface area contributed by atoms with Crippen LogP contribution in [0.2, 0.25) is 5.22 Å². The lowest BCUT2D eigenvalue weighted by Crippen LogP contribution is -2.50. The van der Waals surface area contributed by atoms with Crippen molar-refractivity contribution in [3.05, 3.63) is 52.7 Å². The summed E-state index contributed by atoms with van der Waals surface area (Å²) in [5, 5.41) is 0.0448. The Kier molecular flexibility index (Phi) is 5.00. The minimum atomic E-state index is -4.37. The Morgan fingerprint density at radius 3 is 2.23 bits per heavy atom. The molecule has 2 aromatic rings. The molecule has 1 aromatic heterocycles. The van der Waals surface area contributed by atoms with E-state index < -0.39 is 38.3 Å². The molecule has 0 atom stereocenters. The molecule has 0 aliphatic carbocycles. The number of sulfonamides is 1. The third-order valence-electron chi connectivity index (χ3n) is 3.93. The van der Waals surface area contributed by atoms with Gasteiger partial charge in [-0.15, -0.1) is 0 Å². The summed E-state index contributed by atoms with van der Waals surface area (Å²) in [5.41, 5.74) is 0. The van der Waals surface area contributed by atoms with Crippen molar-refractivity contribution in [2.75, 3.05) is 26.2 Å². The quantitative estimate of drug-likeness (QED) is 0.732. The van der Waals surface area contributed by atoms with Crippen molar-refractivity contribution in [2.24, 2.45) is 0 Å². The van der Waals surface area contributed by atoms with Gasteiger partial charge in [-0.1, -0.05) is 0 Å². The van der Waals surface area contributed by atoms with Crippen LogP contribution < -0.4 is 0 Å². The molecule has 6 nitrogen and oxygen atoms in total. The van der Waals surface area contributed by atoms with Crippen molar-refractivity contribution in [2.45, 2.75) is 4.90 Å². The summed E-state index contributed by atoms with van der Waals surface area (Å²) in [6.07, 6.45) is 0. The largest absolute Gasteiger partial charge is 0.440 e. The van der Waals surface area contributed by atoms with Crippen LogP contribution in [0.5, 0.6) is 0 Å². The second-order valence-electron chi connectivity index (χ2n) is 5.47. The van der Waals surface area contributed by atoms with E-state index in [0.717, 1.165) is 4.31 Å². The summed E-state index contributed by atoms with van der Waals surface area (Å²) >= 11 is 5.62. The summed E-state index contributed by atoms with van der Waals surface area (Å²) in [7, 11) is -4.37. The van der Waals surface area contributed by atoms with E-state index in [4.69, 9.17) is 16.0 Å². The molecule has 26 heavy (non-hydrogen) atoms. The summed E-state index contributed by atoms with van der Waals surface area (Å²) in [5.74, 6) is -5.55. The number of benzene rings is 1. The lowest BCUT2D eigenvalue weighted by Gasteiger charge is -2.33. The number of carbonyl (C=O) groups is 1. The lowest BCUT2D eigenvalue weighted by molar-refractivity contribution is 0.0666. The highest BCUT2D eigenvalue weighted by atomic mass is 35.5. The van der Waals surface area contributed by atoms with Gasteiger partial charge >= 0.3 is 0 Å². The number of amides is 1. The molecule has 11 heteroatoms. The lowest BCUT2D eigenvalue weighted by atomic mass is 10.3. The molecule has 1 amide bonds. The average Bonchev–Trinajstić information content (AvgIpc) is 3.05. The van der Waals surface area contributed by atoms with Gasteiger partial charge in [0, 0.05) is 26.2 Å². The SMILES string of the molecule is O=C(c1ccc(Cl)o1)N1CCN(S(=O)(=O)c2ccc(F)c(F)c2F)CC1. The van der Waals surface area contributed by atoms with Crippen LogP contribution in [0.3, 0.4) is 0 Å². The standard InChI is InChI=1S/C15H12ClF3N2O4S/c16-12-4-2-10(25-12)15(22)20-5-7-21(8-6-20)26(23,24)11-3-1-9(17)13(18)14(11)19/h1-4H,5-8H2. The van der Waals surface area contributed by atoms with Crippen LogP contribution in [0.25, 0.3) is 0 Å². The van der Waals surface area contributed by atoms with Crippen molar-refractivity contribution >= 4 is 27.5 Å². The first kappa shape index (κ1) is 18.7. The van der Waals surface area contributed by atoms with E-state index in [9.17, 15) is 26.4 Å². The number of halogens is 4. The average molecular weight is 409 g/mol. The van der Waals surface area contributed by atoms with Gasteiger partial charge in [-0.05, 0) is 35.9 Å². The van der Waals surface area contributed by atoms with Crippen LogP contribution in [-0.4, -0.2) is 49.7 Å². The van der Waals surface area contributed by atoms with Gasteiger partial charge in [0.2, 0.25) is 10.0 Å². The van der Waals surface area contributed by atoms with Crippen LogP contribution in [0, 0.1) is 17.5 Å². The Labute approximate surface area is 151 Å². The fourth-order valence-electron chi connectivity index (χ4n) is 2.56. The minimum Gasteiger partial charge on any atom is -0.440 e. The third kappa shape index (κ3) is 3.31. The van der Waals surface area contributed by atoms with Gasteiger partial charge in [0.15, 0.2) is 28.4 Å². The van der Waals surface area contributed by atoms with Gasteiger partial charge in [-0.25, -0.2) is 21.6 Å². The minimum absolute atomic E-state index is 0.0120. The number of rotatable bonds is 3. The van der Waals surface area contributed by atoms with Gasteiger partial charge in [-0.3, -0.25) is 4.79 Å². The smallest absolute Gasteiger partial charge is 0.289 e. The van der Waals surface area contributed by atoms with Crippen molar-refractivity contribution in [3.8, 4) is 0 Å². The Morgan fingerprint density at radius 1 is 1.00 bits per heavy atom. The molecule has 1 aliphatic rings. The first-order valence-corrected chi connectivity index (χ1v) is 9.22. The molecular formula is C15H12ClF3N2O4S. The van der Waals surface area contributed by atoms with E-state index in [1.165, 1.54) is 17.0 Å². The highest BCUT2D eigenvalue weighted by Gasteiger charge is 2.34. The first-order chi connectivity index (χ1) is 12.2. The first-order valence-electron chi connectivity index (χ1n) is 7.40. The number of furan rings is 1. The molecule has 0 spiro atoms. The molecular weight excluding hydrogens is 397 g/mol. The van der Waals surface area contributed by atoms with Gasteiger partial charge in [0.1, 0.15) is 4.90 Å². The van der Waals surface area contributed by atoms with Gasteiger partial charge in [0.05, 0.1) is 0 Å². The molecule has 3 rings (SSSR count). The second-order valence-corrected chi connectivity index (χ2v) is 7.75. The van der Waals surface area contributed by atoms with Crippen molar-refractivity contribution in [3.63, 3.8) is 0 Å². The van der Waals surface area contributed by atoms with E-state index in [1.54, 1.807) is 0 Å². The maximum absolute atomic E-state index is 13.8. The summed E-state index contributed by atoms with van der Waals surface area (Å²) in [6.45, 7) is -0.245. The van der Waals surface area contributed by atoms with Crippen molar-refractivity contribution < 1.29 is 30.8 Å². The third-order valence-corrected chi connectivity index (χ3v) is 6.05. The molecule has 1 aromatic carbocycles. The molecule has 0 unspecified atom stereocenters. The number of carbonyl (C=O) groups excluding carboxylic acids is 1. The van der Waals surface area contributed by atoms with E-state index in [-0.39, 0.29) is 37.2 Å². The monoisotopic (exact) mass is 408 g/mol. The van der Waals surface area contributed by atoms with Crippen LogP contribution in [-0.2, 0) is 10.0 Å². The van der Waals surface area contributed by atoms with E-state index in [0.29, 0.717) is 12.1 Å². The topological polar surface area (TPSA) is 70.8 Å². The van der Waals surface area contributed by atoms with Crippen LogP contribution >= 0.6 is 11.6 Å². The molecule has 1 aliphatic heterocycles. The zero-order valence-electron chi connectivity index (χ0n) is 13.1. The van der Waals surface area contributed by atoms with Gasteiger partial charge in [0.25, 0.3) is 5.91 Å². The Bertz CT molecular complexity index is 956. The highest BCUT2D eigenvalue weighted by Crippen LogP contribution is 2.24. The summed E-state index contributed by atoms with van der Waals surface area (Å²) in [6, 6.07) is 4.02. The van der Waals surface area contributed by atoms with E-state index >= 15 is 0 Å². The molecule has 140 valence electrons. The molecule has 2 heterocycles. The maximum Gasteiger partial charge on any atom is 0.289 e. The number of hydrogen-bond acceptors (Lipinski definition) is 4. The van der Waals surface area contributed by atoms with Crippen LogP contribution in [0.1, 0.15) is 10.6 Å². The van der Waals surface area contributed by atoms with Crippen LogP contribution in [0.4, 0.5) is 13.2 Å². The fraction of sp³-hybridized carbons (Fsp3) is 0.267.